The molecule has 0 spiro atoms. The molecule has 1 aromatic rings. The van der Waals surface area contributed by atoms with Gasteiger partial charge in [0.05, 0.1) is 6.61 Å². The lowest BCUT2D eigenvalue weighted by molar-refractivity contribution is -0.122. The van der Waals surface area contributed by atoms with Crippen LogP contribution in [-0.4, -0.2) is 31.4 Å². The molecule has 1 heterocycles. The van der Waals surface area contributed by atoms with E-state index in [-0.39, 0.29) is 30.6 Å². The second-order valence-corrected chi connectivity index (χ2v) is 6.13. The van der Waals surface area contributed by atoms with E-state index in [1.807, 2.05) is 26.8 Å². The first-order valence-electron chi connectivity index (χ1n) is 6.32. The van der Waals surface area contributed by atoms with Gasteiger partial charge in [0.2, 0.25) is 5.91 Å². The molecule has 0 aliphatic heterocycles. The highest BCUT2D eigenvalue weighted by molar-refractivity contribution is 7.12. The summed E-state index contributed by atoms with van der Waals surface area (Å²) >= 11 is 1.61. The molecule has 1 N–H and O–H groups in total. The number of nitrogens with one attached hydrogen (secondary N) is 1. The number of ketones is 1. The molecule has 0 saturated carbocycles. The van der Waals surface area contributed by atoms with E-state index in [1.54, 1.807) is 18.4 Å². The van der Waals surface area contributed by atoms with E-state index >= 15 is 0 Å². The minimum absolute atomic E-state index is 0.0299. The molecule has 1 aromatic heterocycles. The Balaban J connectivity index is 2.42. The molecule has 19 heavy (non-hydrogen) atoms. The van der Waals surface area contributed by atoms with Crippen LogP contribution in [0.25, 0.3) is 0 Å². The Morgan fingerprint density at radius 3 is 2.58 bits per heavy atom. The van der Waals surface area contributed by atoms with E-state index in [4.69, 9.17) is 4.74 Å². The second-order valence-electron chi connectivity index (χ2n) is 4.67. The number of methoxy groups -OCH3 is 1. The maximum atomic E-state index is 12.0. The van der Waals surface area contributed by atoms with Gasteiger partial charge < -0.3 is 10.1 Å². The van der Waals surface area contributed by atoms with E-state index < -0.39 is 0 Å². The smallest absolute Gasteiger partial charge is 0.220 e. The zero-order chi connectivity index (χ0) is 14.4. The number of rotatable bonds is 7. The summed E-state index contributed by atoms with van der Waals surface area (Å²) in [6.45, 7) is 6.26. The van der Waals surface area contributed by atoms with Gasteiger partial charge in [-0.1, -0.05) is 0 Å². The molecule has 1 amide bonds. The highest BCUT2D eigenvalue weighted by Crippen LogP contribution is 2.22. The molecule has 0 aromatic carbocycles. The highest BCUT2D eigenvalue weighted by atomic mass is 32.1. The number of amides is 1. The van der Waals surface area contributed by atoms with E-state index in [0.29, 0.717) is 6.61 Å². The lowest BCUT2D eigenvalue weighted by atomic mass is 10.1. The summed E-state index contributed by atoms with van der Waals surface area (Å²) in [5, 5.41) is 2.79. The third kappa shape index (κ3) is 5.12. The highest BCUT2D eigenvalue weighted by Gasteiger charge is 2.14. The lowest BCUT2D eigenvalue weighted by Gasteiger charge is -2.12. The molecule has 0 radical (unpaired) electrons. The fourth-order valence-corrected chi connectivity index (χ4v) is 2.85. The van der Waals surface area contributed by atoms with Crippen molar-refractivity contribution in [3.8, 4) is 0 Å². The molecule has 1 rings (SSSR count). The van der Waals surface area contributed by atoms with Crippen LogP contribution in [0, 0.1) is 13.8 Å². The summed E-state index contributed by atoms with van der Waals surface area (Å²) in [6, 6.07) is 1.87. The summed E-state index contributed by atoms with van der Waals surface area (Å²) in [7, 11) is 1.59. The SMILES string of the molecule is COC[C@@H](C)NC(=O)CCC(=O)c1cc(C)sc1C. The molecule has 0 saturated heterocycles. The van der Waals surface area contributed by atoms with Crippen LogP contribution < -0.4 is 5.32 Å². The van der Waals surface area contributed by atoms with Crippen LogP contribution in [0.5, 0.6) is 0 Å². The van der Waals surface area contributed by atoms with Crippen LogP contribution in [0.2, 0.25) is 0 Å². The molecule has 0 aliphatic rings. The van der Waals surface area contributed by atoms with Crippen LogP contribution in [0.4, 0.5) is 0 Å². The average molecular weight is 283 g/mol. The molecular weight excluding hydrogens is 262 g/mol. The van der Waals surface area contributed by atoms with Crippen molar-refractivity contribution in [1.82, 2.24) is 5.32 Å². The average Bonchev–Trinajstić information content (AvgIpc) is 2.65. The van der Waals surface area contributed by atoms with Crippen LogP contribution in [-0.2, 0) is 9.53 Å². The first-order chi connectivity index (χ1) is 8.93. The van der Waals surface area contributed by atoms with Gasteiger partial charge in [0.15, 0.2) is 5.78 Å². The van der Waals surface area contributed by atoms with Gasteiger partial charge in [-0.05, 0) is 26.8 Å². The van der Waals surface area contributed by atoms with Gasteiger partial charge in [-0.2, -0.15) is 0 Å². The van der Waals surface area contributed by atoms with Crippen LogP contribution >= 0.6 is 11.3 Å². The zero-order valence-corrected chi connectivity index (χ0v) is 12.7. The fourth-order valence-electron chi connectivity index (χ4n) is 1.91. The van der Waals surface area contributed by atoms with E-state index in [0.717, 1.165) is 15.3 Å². The summed E-state index contributed by atoms with van der Waals surface area (Å²) in [5.74, 6) is -0.0705. The number of hydrogen-bond acceptors (Lipinski definition) is 4. The van der Waals surface area contributed by atoms with E-state index in [1.165, 1.54) is 0 Å². The number of hydrogen-bond donors (Lipinski definition) is 1. The topological polar surface area (TPSA) is 55.4 Å². The van der Waals surface area contributed by atoms with Crippen molar-refractivity contribution in [2.45, 2.75) is 39.7 Å². The summed E-state index contributed by atoms with van der Waals surface area (Å²) in [6.07, 6.45) is 0.476. The fraction of sp³-hybridized carbons (Fsp3) is 0.571. The number of aryl methyl sites for hydroxylation is 2. The molecule has 0 fully saturated rings. The van der Waals surface area contributed by atoms with Gasteiger partial charge in [-0.3, -0.25) is 9.59 Å². The Kier molecular flexibility index (Phi) is 6.18. The molecule has 4 nitrogen and oxygen atoms in total. The number of carbonyl (C=O) groups is 2. The Morgan fingerprint density at radius 2 is 2.05 bits per heavy atom. The molecule has 1 atom stereocenters. The Bertz CT molecular complexity index is 454. The van der Waals surface area contributed by atoms with Crippen molar-refractivity contribution in [2.75, 3.05) is 13.7 Å². The predicted octanol–water partition coefficient (Wildman–Crippen LogP) is 2.48. The number of thiophene rings is 1. The molecule has 0 bridgehead atoms. The Hall–Kier alpha value is -1.20. The number of ether oxygens (including phenoxy) is 1. The molecule has 0 aliphatic carbocycles. The van der Waals surface area contributed by atoms with Crippen molar-refractivity contribution in [2.24, 2.45) is 0 Å². The Labute approximate surface area is 118 Å². The lowest BCUT2D eigenvalue weighted by Crippen LogP contribution is -2.35. The van der Waals surface area contributed by atoms with Crippen molar-refractivity contribution in [3.05, 3.63) is 21.4 Å². The minimum atomic E-state index is -0.109. The van der Waals surface area contributed by atoms with E-state index in [9.17, 15) is 9.59 Å². The van der Waals surface area contributed by atoms with Gasteiger partial charge in [0.25, 0.3) is 0 Å². The van der Waals surface area contributed by atoms with Gasteiger partial charge in [0.1, 0.15) is 0 Å². The molecule has 5 heteroatoms. The minimum Gasteiger partial charge on any atom is -0.383 e. The van der Waals surface area contributed by atoms with Crippen LogP contribution in [0.1, 0.15) is 39.9 Å². The molecule has 0 unspecified atom stereocenters. The zero-order valence-electron chi connectivity index (χ0n) is 11.9. The van der Waals surface area contributed by atoms with Gasteiger partial charge in [0, 0.05) is 41.3 Å². The summed E-state index contributed by atoms with van der Waals surface area (Å²) < 4.78 is 4.94. The summed E-state index contributed by atoms with van der Waals surface area (Å²) in [5.41, 5.74) is 0.750. The molecule has 106 valence electrons. The standard InChI is InChI=1S/C14H21NO3S/c1-9(8-18-4)15-14(17)6-5-13(16)12-7-10(2)19-11(12)3/h7,9H,5-6,8H2,1-4H3,(H,15,17)/t9-/m1/s1. The van der Waals surface area contributed by atoms with Crippen LogP contribution in [0.3, 0.4) is 0 Å². The number of Topliss-reactive ketones (excluding diaryl/α,β-unsaturated/α-hetero) is 1. The maximum Gasteiger partial charge on any atom is 0.220 e. The van der Waals surface area contributed by atoms with Crippen molar-refractivity contribution in [1.29, 1.82) is 0 Å². The largest absolute Gasteiger partial charge is 0.383 e. The third-order valence-corrected chi connectivity index (χ3v) is 3.71. The normalized spacial score (nSPS) is 12.2. The first-order valence-corrected chi connectivity index (χ1v) is 7.14. The van der Waals surface area contributed by atoms with E-state index in [2.05, 4.69) is 5.32 Å². The third-order valence-electron chi connectivity index (χ3n) is 2.74. The van der Waals surface area contributed by atoms with Crippen molar-refractivity contribution >= 4 is 23.0 Å². The van der Waals surface area contributed by atoms with Crippen molar-refractivity contribution in [3.63, 3.8) is 0 Å². The molecular formula is C14H21NO3S. The van der Waals surface area contributed by atoms with Crippen molar-refractivity contribution < 1.29 is 14.3 Å². The predicted molar refractivity (Wildman–Crippen MR) is 76.8 cm³/mol. The second kappa shape index (κ2) is 7.40. The maximum absolute atomic E-state index is 12.0. The van der Waals surface area contributed by atoms with Gasteiger partial charge in [-0.25, -0.2) is 0 Å². The quantitative estimate of drug-likeness (QED) is 0.782. The van der Waals surface area contributed by atoms with Gasteiger partial charge in [-0.15, -0.1) is 11.3 Å². The van der Waals surface area contributed by atoms with Gasteiger partial charge >= 0.3 is 0 Å². The summed E-state index contributed by atoms with van der Waals surface area (Å²) in [4.78, 5) is 25.8. The Morgan fingerprint density at radius 1 is 1.37 bits per heavy atom. The monoisotopic (exact) mass is 283 g/mol. The first kappa shape index (κ1) is 15.9. The van der Waals surface area contributed by atoms with Crippen LogP contribution in [0.15, 0.2) is 6.07 Å². The number of carbonyl (C=O) groups excluding carboxylic acids is 2.